The summed E-state index contributed by atoms with van der Waals surface area (Å²) in [5, 5.41) is 22.0. The third kappa shape index (κ3) is 2.57. The van der Waals surface area contributed by atoms with Crippen LogP contribution in [0, 0.1) is 6.92 Å². The Labute approximate surface area is 105 Å². The summed E-state index contributed by atoms with van der Waals surface area (Å²) in [7, 11) is 3.43. The summed E-state index contributed by atoms with van der Waals surface area (Å²) in [6.45, 7) is 2.60. The van der Waals surface area contributed by atoms with E-state index >= 15 is 0 Å². The molecule has 0 unspecified atom stereocenters. The van der Waals surface area contributed by atoms with Crippen LogP contribution in [0.5, 0.6) is 0 Å². The van der Waals surface area contributed by atoms with Crippen molar-refractivity contribution in [2.75, 3.05) is 32.2 Å². The van der Waals surface area contributed by atoms with Gasteiger partial charge in [0.25, 0.3) is 0 Å². The third-order valence-electron chi connectivity index (χ3n) is 2.64. The predicted octanol–water partition coefficient (Wildman–Crippen LogP) is -0.124. The van der Waals surface area contributed by atoms with Gasteiger partial charge in [-0.3, -0.25) is 0 Å². The molecular formula is C11H17N5O2. The zero-order chi connectivity index (χ0) is 13.1. The topological polar surface area (TPSA) is 75.8 Å². The molecule has 2 rings (SSSR count). The highest BCUT2D eigenvalue weighted by Gasteiger charge is 2.11. The van der Waals surface area contributed by atoms with Gasteiger partial charge in [-0.25, -0.2) is 0 Å². The van der Waals surface area contributed by atoms with Crippen molar-refractivity contribution in [3.05, 3.63) is 18.0 Å². The predicted molar refractivity (Wildman–Crippen MR) is 66.7 cm³/mol. The average molecular weight is 251 g/mol. The number of likely N-dealkylation sites (N-methyl/N-ethyl adjacent to an activating group) is 1. The first-order chi connectivity index (χ1) is 8.61. The summed E-state index contributed by atoms with van der Waals surface area (Å²) in [6.07, 6.45) is -0.542. The zero-order valence-electron chi connectivity index (χ0n) is 10.7. The quantitative estimate of drug-likeness (QED) is 0.798. The number of aliphatic hydroxyl groups excluding tert-OH is 1. The molecule has 1 N–H and O–H groups in total. The molecule has 18 heavy (non-hydrogen) atoms. The Bertz CT molecular complexity index is 527. The maximum atomic E-state index is 9.68. The van der Waals surface area contributed by atoms with Crippen LogP contribution in [0.4, 0.5) is 5.82 Å². The number of aromatic nitrogens is 4. The maximum absolute atomic E-state index is 9.68. The van der Waals surface area contributed by atoms with Crippen molar-refractivity contribution < 1.29 is 9.84 Å². The van der Waals surface area contributed by atoms with Crippen LogP contribution in [0.15, 0.2) is 12.1 Å². The van der Waals surface area contributed by atoms with Crippen LogP contribution in [0.3, 0.4) is 0 Å². The number of rotatable bonds is 5. The number of methoxy groups -OCH3 is 1. The van der Waals surface area contributed by atoms with E-state index in [9.17, 15) is 5.11 Å². The number of nitrogens with zero attached hydrogens (tertiary/aromatic N) is 5. The lowest BCUT2D eigenvalue weighted by molar-refractivity contribution is 0.0694. The van der Waals surface area contributed by atoms with Crippen molar-refractivity contribution in [3.63, 3.8) is 0 Å². The first kappa shape index (κ1) is 12.7. The second-order valence-corrected chi connectivity index (χ2v) is 4.20. The highest BCUT2D eigenvalue weighted by atomic mass is 16.5. The minimum absolute atomic E-state index is 0.304. The molecule has 0 spiro atoms. The van der Waals surface area contributed by atoms with Crippen LogP contribution >= 0.6 is 0 Å². The number of anilines is 1. The highest BCUT2D eigenvalue weighted by molar-refractivity contribution is 5.45. The van der Waals surface area contributed by atoms with Gasteiger partial charge in [0.2, 0.25) is 0 Å². The molecule has 0 saturated heterocycles. The molecule has 0 aromatic carbocycles. The number of hydrogen-bond acceptors (Lipinski definition) is 6. The van der Waals surface area contributed by atoms with Crippen LogP contribution in [0.2, 0.25) is 0 Å². The van der Waals surface area contributed by atoms with Gasteiger partial charge in [0.1, 0.15) is 5.82 Å². The molecule has 0 aliphatic carbocycles. The summed E-state index contributed by atoms with van der Waals surface area (Å²) >= 11 is 0. The summed E-state index contributed by atoms with van der Waals surface area (Å²) in [5.74, 6) is 1.48. The van der Waals surface area contributed by atoms with Gasteiger partial charge in [-0.05, 0) is 19.1 Å². The van der Waals surface area contributed by atoms with Crippen molar-refractivity contribution in [2.24, 2.45) is 0 Å². The van der Waals surface area contributed by atoms with E-state index in [0.717, 1.165) is 11.6 Å². The lowest BCUT2D eigenvalue weighted by Crippen LogP contribution is -2.32. The van der Waals surface area contributed by atoms with E-state index in [1.54, 1.807) is 11.6 Å². The zero-order valence-corrected chi connectivity index (χ0v) is 10.7. The van der Waals surface area contributed by atoms with Gasteiger partial charge in [-0.15, -0.1) is 15.3 Å². The standard InChI is InChI=1S/C11H17N5O2/c1-8-12-13-10-4-5-11(14-16(8)10)15(2)6-9(17)7-18-3/h4-5,9,17H,6-7H2,1-3H3/t9-/m1/s1. The Balaban J connectivity index is 2.17. The number of aliphatic hydroxyl groups is 1. The van der Waals surface area contributed by atoms with E-state index in [0.29, 0.717) is 18.8 Å². The molecule has 0 amide bonds. The Kier molecular flexibility index (Phi) is 3.73. The van der Waals surface area contributed by atoms with E-state index in [1.165, 1.54) is 0 Å². The van der Waals surface area contributed by atoms with Crippen molar-refractivity contribution in [3.8, 4) is 0 Å². The molecule has 0 radical (unpaired) electrons. The molecule has 7 heteroatoms. The SMILES string of the molecule is COC[C@H](O)CN(C)c1ccc2nnc(C)n2n1. The van der Waals surface area contributed by atoms with Crippen LogP contribution in [0.1, 0.15) is 5.82 Å². The van der Waals surface area contributed by atoms with E-state index in [2.05, 4.69) is 15.3 Å². The number of ether oxygens (including phenoxy) is 1. The fourth-order valence-electron chi connectivity index (χ4n) is 1.74. The van der Waals surface area contributed by atoms with E-state index in [-0.39, 0.29) is 0 Å². The van der Waals surface area contributed by atoms with Crippen molar-refractivity contribution in [1.82, 2.24) is 19.8 Å². The molecule has 0 bridgehead atoms. The summed E-state index contributed by atoms with van der Waals surface area (Å²) in [6, 6.07) is 3.70. The van der Waals surface area contributed by atoms with Crippen molar-refractivity contribution in [1.29, 1.82) is 0 Å². The Morgan fingerprint density at radius 1 is 1.44 bits per heavy atom. The van der Waals surface area contributed by atoms with Crippen LogP contribution in [-0.2, 0) is 4.74 Å². The molecule has 1 atom stereocenters. The smallest absolute Gasteiger partial charge is 0.178 e. The largest absolute Gasteiger partial charge is 0.389 e. The second kappa shape index (κ2) is 5.28. The second-order valence-electron chi connectivity index (χ2n) is 4.20. The Morgan fingerprint density at radius 3 is 2.94 bits per heavy atom. The van der Waals surface area contributed by atoms with Gasteiger partial charge < -0.3 is 14.7 Å². The Hall–Kier alpha value is -1.73. The van der Waals surface area contributed by atoms with Gasteiger partial charge >= 0.3 is 0 Å². The van der Waals surface area contributed by atoms with Gasteiger partial charge in [-0.1, -0.05) is 0 Å². The normalized spacial score (nSPS) is 12.9. The number of aryl methyl sites for hydroxylation is 1. The average Bonchev–Trinajstić information content (AvgIpc) is 2.71. The van der Waals surface area contributed by atoms with E-state index < -0.39 is 6.10 Å². The molecule has 2 aromatic rings. The molecule has 0 saturated carbocycles. The van der Waals surface area contributed by atoms with E-state index in [1.807, 2.05) is 31.0 Å². The summed E-state index contributed by atoms with van der Waals surface area (Å²) < 4.78 is 6.57. The highest BCUT2D eigenvalue weighted by Crippen LogP contribution is 2.11. The lowest BCUT2D eigenvalue weighted by Gasteiger charge is -2.21. The third-order valence-corrected chi connectivity index (χ3v) is 2.64. The molecule has 0 aliphatic heterocycles. The number of fused-ring (bicyclic) bond motifs is 1. The Morgan fingerprint density at radius 2 is 2.22 bits per heavy atom. The molecule has 98 valence electrons. The molecule has 0 fully saturated rings. The van der Waals surface area contributed by atoms with Crippen LogP contribution < -0.4 is 4.90 Å². The number of hydrogen-bond donors (Lipinski definition) is 1. The monoisotopic (exact) mass is 251 g/mol. The summed E-state index contributed by atoms with van der Waals surface area (Å²) in [5.41, 5.74) is 0.710. The first-order valence-electron chi connectivity index (χ1n) is 5.69. The molecular weight excluding hydrogens is 234 g/mol. The van der Waals surface area contributed by atoms with Gasteiger partial charge in [0.05, 0.1) is 12.7 Å². The van der Waals surface area contributed by atoms with Crippen LogP contribution in [-0.4, -0.2) is 58.3 Å². The minimum atomic E-state index is -0.542. The molecule has 2 aromatic heterocycles. The minimum Gasteiger partial charge on any atom is -0.389 e. The lowest BCUT2D eigenvalue weighted by atomic mass is 10.3. The van der Waals surface area contributed by atoms with Gasteiger partial charge in [-0.2, -0.15) is 4.52 Å². The van der Waals surface area contributed by atoms with Crippen LogP contribution in [0.25, 0.3) is 5.65 Å². The molecule has 7 nitrogen and oxygen atoms in total. The van der Waals surface area contributed by atoms with Gasteiger partial charge in [0.15, 0.2) is 11.5 Å². The van der Waals surface area contributed by atoms with E-state index in [4.69, 9.17) is 4.74 Å². The summed E-state index contributed by atoms with van der Waals surface area (Å²) in [4.78, 5) is 1.86. The fraction of sp³-hybridized carbons (Fsp3) is 0.545. The first-order valence-corrected chi connectivity index (χ1v) is 5.69. The van der Waals surface area contributed by atoms with Crippen molar-refractivity contribution >= 4 is 11.5 Å². The maximum Gasteiger partial charge on any atom is 0.178 e. The van der Waals surface area contributed by atoms with Crippen molar-refractivity contribution in [2.45, 2.75) is 13.0 Å². The fourth-order valence-corrected chi connectivity index (χ4v) is 1.74. The molecule has 2 heterocycles. The molecule has 0 aliphatic rings. The van der Waals surface area contributed by atoms with Gasteiger partial charge in [0, 0.05) is 20.7 Å².